The molecular weight excluding hydrogens is 106 g/mol. The Bertz CT molecular complexity index is 138. The summed E-state index contributed by atoms with van der Waals surface area (Å²) in [6, 6.07) is 10.6. The van der Waals surface area contributed by atoms with Gasteiger partial charge >= 0.3 is 29.6 Å². The summed E-state index contributed by atoms with van der Waals surface area (Å²) in [7, 11) is 0.446. The van der Waals surface area contributed by atoms with Crippen LogP contribution in [0.4, 0.5) is 0 Å². The molecule has 0 unspecified atom stereocenters. The third kappa shape index (κ3) is 2.56. The SMILES string of the molecule is [BH3-]c1ccccc1.[Na+]. The van der Waals surface area contributed by atoms with Gasteiger partial charge < -0.3 is 0 Å². The molecule has 0 spiro atoms. The Hall–Kier alpha value is 0.285. The molecule has 1 aromatic carbocycles. The maximum atomic E-state index is 2.19. The van der Waals surface area contributed by atoms with Crippen molar-refractivity contribution in [2.75, 3.05) is 0 Å². The summed E-state index contributed by atoms with van der Waals surface area (Å²) in [5.41, 5.74) is 1.57. The van der Waals surface area contributed by atoms with Crippen LogP contribution in [0.3, 0.4) is 0 Å². The van der Waals surface area contributed by atoms with E-state index in [0.717, 1.165) is 0 Å². The summed E-state index contributed by atoms with van der Waals surface area (Å²) in [6.07, 6.45) is 0. The van der Waals surface area contributed by atoms with Gasteiger partial charge in [0.1, 0.15) is 0 Å². The Morgan fingerprint density at radius 3 is 1.75 bits per heavy atom. The molecule has 36 valence electrons. The number of benzene rings is 1. The minimum atomic E-state index is 0. The van der Waals surface area contributed by atoms with Crippen LogP contribution in [0.1, 0.15) is 0 Å². The van der Waals surface area contributed by atoms with E-state index in [-0.39, 0.29) is 29.6 Å². The molecule has 0 nitrogen and oxygen atoms in total. The fourth-order valence-corrected chi connectivity index (χ4v) is 0.342. The first kappa shape index (κ1) is 8.28. The zero-order chi connectivity index (χ0) is 5.11. The Morgan fingerprint density at radius 2 is 1.50 bits per heavy atom. The van der Waals surface area contributed by atoms with Crippen molar-refractivity contribution >= 4 is 13.3 Å². The van der Waals surface area contributed by atoms with Gasteiger partial charge in [-0.2, -0.15) is 0 Å². The zero-order valence-corrected chi connectivity index (χ0v) is 6.39. The van der Waals surface area contributed by atoms with Crippen molar-refractivity contribution in [3.63, 3.8) is 0 Å². The normalized spacial score (nSPS) is 7.62. The summed E-state index contributed by atoms with van der Waals surface area (Å²) in [6.45, 7) is 0. The largest absolute Gasteiger partial charge is 1.00 e. The maximum absolute atomic E-state index is 2.19. The van der Waals surface area contributed by atoms with Crippen LogP contribution in [-0.2, 0) is 0 Å². The third-order valence-corrected chi connectivity index (χ3v) is 0.607. The minimum absolute atomic E-state index is 0. The molecule has 0 aliphatic rings. The summed E-state index contributed by atoms with van der Waals surface area (Å²) in [4.78, 5) is 0. The van der Waals surface area contributed by atoms with Gasteiger partial charge in [-0.05, 0) is 7.85 Å². The maximum Gasteiger partial charge on any atom is 1.00 e. The first-order valence-electron chi connectivity index (χ1n) is 1.91. The molecule has 0 aliphatic heterocycles. The standard InChI is InChI=1S/C6H8B.Na/c7-6-4-2-1-3-5-6;/h1-5H,7H3;/q-1;+1. The smallest absolute Gasteiger partial charge is 0.221 e. The van der Waals surface area contributed by atoms with Gasteiger partial charge in [-0.25, -0.2) is 5.46 Å². The Morgan fingerprint density at radius 1 is 1.00 bits per heavy atom. The molecule has 0 radical (unpaired) electrons. The van der Waals surface area contributed by atoms with Crippen molar-refractivity contribution < 1.29 is 29.6 Å². The van der Waals surface area contributed by atoms with E-state index in [1.165, 1.54) is 0 Å². The third-order valence-electron chi connectivity index (χ3n) is 0.607. The first-order valence-corrected chi connectivity index (χ1v) is 1.91. The van der Waals surface area contributed by atoms with E-state index in [4.69, 9.17) is 0 Å². The van der Waals surface area contributed by atoms with E-state index in [1.54, 1.807) is 5.46 Å². The molecule has 0 aromatic heterocycles. The van der Waals surface area contributed by atoms with Crippen LogP contribution in [0.15, 0.2) is 30.3 Å². The van der Waals surface area contributed by atoms with Crippen LogP contribution >= 0.6 is 0 Å². The van der Waals surface area contributed by atoms with E-state index in [1.807, 2.05) is 0 Å². The van der Waals surface area contributed by atoms with Gasteiger partial charge in [0.2, 0.25) is 0 Å². The predicted molar refractivity (Wildman–Crippen MR) is 36.0 cm³/mol. The van der Waals surface area contributed by atoms with E-state index in [9.17, 15) is 0 Å². The molecule has 0 saturated heterocycles. The van der Waals surface area contributed by atoms with Crippen molar-refractivity contribution in [1.82, 2.24) is 0 Å². The van der Waals surface area contributed by atoms with Crippen LogP contribution in [0.5, 0.6) is 0 Å². The van der Waals surface area contributed by atoms with Crippen LogP contribution in [-0.4, -0.2) is 7.85 Å². The molecule has 8 heavy (non-hydrogen) atoms. The van der Waals surface area contributed by atoms with Crippen molar-refractivity contribution in [3.05, 3.63) is 30.3 Å². The van der Waals surface area contributed by atoms with Crippen molar-refractivity contribution in [1.29, 1.82) is 0 Å². The molecule has 0 aliphatic carbocycles. The second-order valence-electron chi connectivity index (χ2n) is 1.08. The molecule has 0 fully saturated rings. The fraction of sp³-hybridized carbons (Fsp3) is 0. The second kappa shape index (κ2) is 4.19. The Kier molecular flexibility index (Phi) is 4.34. The number of rotatable bonds is 0. The van der Waals surface area contributed by atoms with Gasteiger partial charge in [-0.3, -0.25) is 0 Å². The molecule has 2 heteroatoms. The summed E-state index contributed by atoms with van der Waals surface area (Å²) < 4.78 is 0. The molecule has 1 rings (SSSR count). The van der Waals surface area contributed by atoms with Crippen LogP contribution < -0.4 is 35.0 Å². The van der Waals surface area contributed by atoms with Gasteiger partial charge in [0.15, 0.2) is 0 Å². The van der Waals surface area contributed by atoms with Gasteiger partial charge in [-0.15, -0.1) is 0 Å². The van der Waals surface area contributed by atoms with Gasteiger partial charge in [0.25, 0.3) is 0 Å². The van der Waals surface area contributed by atoms with Crippen molar-refractivity contribution in [3.8, 4) is 0 Å². The number of hydrogen-bond donors (Lipinski definition) is 0. The molecule has 0 bridgehead atoms. The minimum Gasteiger partial charge on any atom is -0.221 e. The van der Waals surface area contributed by atoms with Gasteiger partial charge in [0, 0.05) is 0 Å². The summed E-state index contributed by atoms with van der Waals surface area (Å²) in [5.74, 6) is 0. The molecule has 0 amide bonds. The second-order valence-corrected chi connectivity index (χ2v) is 1.08. The van der Waals surface area contributed by atoms with E-state index >= 15 is 0 Å². The molecule has 0 atom stereocenters. The van der Waals surface area contributed by atoms with E-state index in [0.29, 0.717) is 7.85 Å². The molecule has 0 saturated carbocycles. The first-order chi connectivity index (χ1) is 3.39. The zero-order valence-electron chi connectivity index (χ0n) is 4.39. The van der Waals surface area contributed by atoms with Crippen molar-refractivity contribution in [2.45, 2.75) is 0 Å². The van der Waals surface area contributed by atoms with Gasteiger partial charge in [-0.1, -0.05) is 30.3 Å². The van der Waals surface area contributed by atoms with E-state index < -0.39 is 0 Å². The monoisotopic (exact) mass is 114 g/mol. The molecular formula is C6H8BNa. The van der Waals surface area contributed by atoms with Crippen molar-refractivity contribution in [2.24, 2.45) is 0 Å². The quantitative estimate of drug-likeness (QED) is 0.309. The Balaban J connectivity index is 0.000000490. The van der Waals surface area contributed by atoms with Crippen LogP contribution in [0.25, 0.3) is 0 Å². The number of hydrogen-bond acceptors (Lipinski definition) is 0. The summed E-state index contributed by atoms with van der Waals surface area (Å²) in [5, 5.41) is 0. The molecule has 0 N–H and O–H groups in total. The average Bonchev–Trinajstić information content (AvgIpc) is 1.69. The van der Waals surface area contributed by atoms with Crippen LogP contribution in [0, 0.1) is 0 Å². The molecule has 0 heterocycles. The van der Waals surface area contributed by atoms with Crippen LogP contribution in [0.2, 0.25) is 0 Å². The topological polar surface area (TPSA) is 0 Å². The molecule has 1 aromatic rings. The summed E-state index contributed by atoms with van der Waals surface area (Å²) >= 11 is 0. The average molecular weight is 114 g/mol. The predicted octanol–water partition coefficient (Wildman–Crippen LogP) is -3.32. The van der Waals surface area contributed by atoms with E-state index in [2.05, 4.69) is 30.3 Å². The van der Waals surface area contributed by atoms with Gasteiger partial charge in [0.05, 0.1) is 0 Å². The Labute approximate surface area is 73.0 Å². The fourth-order valence-electron chi connectivity index (χ4n) is 0.342.